The molecule has 0 amide bonds. The molecule has 3 nitrogen and oxygen atoms in total. The maximum absolute atomic E-state index is 13.9. The van der Waals surface area contributed by atoms with E-state index in [-0.39, 0.29) is 11.9 Å². The molecule has 1 aliphatic rings. The Balaban J connectivity index is 1.64. The molecule has 2 unspecified atom stereocenters. The quantitative estimate of drug-likeness (QED) is 0.940. The Hall–Kier alpha value is -1.75. The number of ether oxygens (including phenoxy) is 1. The van der Waals surface area contributed by atoms with E-state index in [2.05, 4.69) is 4.90 Å². The van der Waals surface area contributed by atoms with Gasteiger partial charge in [-0.2, -0.15) is 0 Å². The SMILES string of the molecule is Cc1ccc(C(O)CN2CCOC(c3ccccc3F)C2)cc1. The second-order valence-electron chi connectivity index (χ2n) is 6.07. The molecule has 4 heteroatoms. The van der Waals surface area contributed by atoms with Crippen LogP contribution in [0.3, 0.4) is 0 Å². The van der Waals surface area contributed by atoms with Crippen LogP contribution in [0.5, 0.6) is 0 Å². The smallest absolute Gasteiger partial charge is 0.129 e. The summed E-state index contributed by atoms with van der Waals surface area (Å²) in [6.45, 7) is 4.42. The van der Waals surface area contributed by atoms with Crippen LogP contribution < -0.4 is 0 Å². The molecule has 122 valence electrons. The largest absolute Gasteiger partial charge is 0.387 e. The number of nitrogens with zero attached hydrogens (tertiary/aromatic N) is 1. The first-order valence-corrected chi connectivity index (χ1v) is 7.96. The molecular weight excluding hydrogens is 293 g/mol. The third-order valence-electron chi connectivity index (χ3n) is 4.30. The van der Waals surface area contributed by atoms with Crippen molar-refractivity contribution in [3.05, 3.63) is 71.0 Å². The predicted octanol–water partition coefficient (Wildman–Crippen LogP) is 3.24. The maximum atomic E-state index is 13.9. The lowest BCUT2D eigenvalue weighted by molar-refractivity contribution is -0.0437. The summed E-state index contributed by atoms with van der Waals surface area (Å²) in [7, 11) is 0. The molecule has 0 aromatic heterocycles. The normalized spacial score (nSPS) is 20.4. The Morgan fingerprint density at radius 3 is 2.70 bits per heavy atom. The van der Waals surface area contributed by atoms with E-state index in [4.69, 9.17) is 4.74 Å². The van der Waals surface area contributed by atoms with E-state index in [9.17, 15) is 9.50 Å². The average Bonchev–Trinajstić information content (AvgIpc) is 2.56. The molecule has 0 saturated carbocycles. The molecule has 0 aliphatic carbocycles. The zero-order chi connectivity index (χ0) is 16.2. The van der Waals surface area contributed by atoms with Crippen molar-refractivity contribution < 1.29 is 14.2 Å². The summed E-state index contributed by atoms with van der Waals surface area (Å²) in [6.07, 6.45) is -0.829. The maximum Gasteiger partial charge on any atom is 0.129 e. The highest BCUT2D eigenvalue weighted by atomic mass is 19.1. The van der Waals surface area contributed by atoms with Gasteiger partial charge in [0.1, 0.15) is 5.82 Å². The Bertz CT molecular complexity index is 644. The molecule has 1 heterocycles. The summed E-state index contributed by atoms with van der Waals surface area (Å²) in [6, 6.07) is 14.6. The lowest BCUT2D eigenvalue weighted by atomic mass is 10.0. The summed E-state index contributed by atoms with van der Waals surface area (Å²) in [5.41, 5.74) is 2.67. The number of halogens is 1. The number of aliphatic hydroxyl groups excluding tert-OH is 1. The van der Waals surface area contributed by atoms with Crippen LogP contribution in [-0.2, 0) is 4.74 Å². The lowest BCUT2D eigenvalue weighted by Crippen LogP contribution is -2.40. The molecule has 0 radical (unpaired) electrons. The summed E-state index contributed by atoms with van der Waals surface area (Å²) in [4.78, 5) is 2.13. The molecule has 23 heavy (non-hydrogen) atoms. The molecule has 1 aliphatic heterocycles. The fourth-order valence-electron chi connectivity index (χ4n) is 2.93. The van der Waals surface area contributed by atoms with Crippen molar-refractivity contribution in [1.29, 1.82) is 0 Å². The van der Waals surface area contributed by atoms with Crippen LogP contribution >= 0.6 is 0 Å². The van der Waals surface area contributed by atoms with E-state index < -0.39 is 6.10 Å². The van der Waals surface area contributed by atoms with Gasteiger partial charge < -0.3 is 9.84 Å². The average molecular weight is 315 g/mol. The van der Waals surface area contributed by atoms with Gasteiger partial charge in [-0.05, 0) is 18.6 Å². The number of aliphatic hydroxyl groups is 1. The summed E-state index contributed by atoms with van der Waals surface area (Å²) in [5, 5.41) is 10.4. The highest BCUT2D eigenvalue weighted by Crippen LogP contribution is 2.26. The third kappa shape index (κ3) is 3.96. The van der Waals surface area contributed by atoms with Crippen molar-refractivity contribution in [2.75, 3.05) is 26.2 Å². The second kappa shape index (κ2) is 7.21. The number of β-amino-alcohol motifs (C(OH)–C–C–N with tert-alkyl or cyclic N) is 1. The van der Waals surface area contributed by atoms with E-state index in [1.165, 1.54) is 11.6 Å². The number of hydrogen-bond donors (Lipinski definition) is 1. The van der Waals surface area contributed by atoms with E-state index in [0.29, 0.717) is 25.3 Å². The first kappa shape index (κ1) is 16.1. The zero-order valence-corrected chi connectivity index (χ0v) is 13.3. The van der Waals surface area contributed by atoms with E-state index in [1.54, 1.807) is 12.1 Å². The van der Waals surface area contributed by atoms with Crippen LogP contribution in [0.25, 0.3) is 0 Å². The fourth-order valence-corrected chi connectivity index (χ4v) is 2.93. The minimum Gasteiger partial charge on any atom is -0.387 e. The van der Waals surface area contributed by atoms with Crippen LogP contribution in [0, 0.1) is 12.7 Å². The number of benzene rings is 2. The molecule has 1 saturated heterocycles. The Morgan fingerprint density at radius 2 is 1.96 bits per heavy atom. The van der Waals surface area contributed by atoms with Crippen molar-refractivity contribution in [2.45, 2.75) is 19.1 Å². The van der Waals surface area contributed by atoms with E-state index in [0.717, 1.165) is 12.1 Å². The Kier molecular flexibility index (Phi) is 5.06. The first-order chi connectivity index (χ1) is 11.1. The van der Waals surface area contributed by atoms with Gasteiger partial charge in [0.25, 0.3) is 0 Å². The van der Waals surface area contributed by atoms with E-state index >= 15 is 0 Å². The summed E-state index contributed by atoms with van der Waals surface area (Å²) < 4.78 is 19.6. The minimum absolute atomic E-state index is 0.238. The molecule has 2 aromatic rings. The first-order valence-electron chi connectivity index (χ1n) is 7.96. The third-order valence-corrected chi connectivity index (χ3v) is 4.30. The Morgan fingerprint density at radius 1 is 1.22 bits per heavy atom. The molecule has 3 rings (SSSR count). The van der Waals surface area contributed by atoms with Crippen LogP contribution in [0.1, 0.15) is 28.9 Å². The van der Waals surface area contributed by atoms with Crippen molar-refractivity contribution in [2.24, 2.45) is 0 Å². The van der Waals surface area contributed by atoms with Gasteiger partial charge in [0.05, 0.1) is 18.8 Å². The van der Waals surface area contributed by atoms with Crippen molar-refractivity contribution >= 4 is 0 Å². The van der Waals surface area contributed by atoms with Crippen LogP contribution in [0.15, 0.2) is 48.5 Å². The molecule has 2 aromatic carbocycles. The molecular formula is C19H22FNO2. The minimum atomic E-state index is -0.546. The summed E-state index contributed by atoms with van der Waals surface area (Å²) in [5.74, 6) is -0.238. The van der Waals surface area contributed by atoms with Crippen molar-refractivity contribution in [3.8, 4) is 0 Å². The second-order valence-corrected chi connectivity index (χ2v) is 6.07. The Labute approximate surface area is 136 Å². The number of morpholine rings is 1. The molecule has 0 spiro atoms. The molecule has 0 bridgehead atoms. The molecule has 1 fully saturated rings. The highest BCUT2D eigenvalue weighted by molar-refractivity contribution is 5.24. The monoisotopic (exact) mass is 315 g/mol. The van der Waals surface area contributed by atoms with Crippen LogP contribution in [0.2, 0.25) is 0 Å². The van der Waals surface area contributed by atoms with Gasteiger partial charge in [0, 0.05) is 25.2 Å². The number of aryl methyl sites for hydroxylation is 1. The standard InChI is InChI=1S/C19H22FNO2/c1-14-6-8-15(9-7-14)18(22)12-21-10-11-23-19(13-21)16-4-2-3-5-17(16)20/h2-9,18-19,22H,10-13H2,1H3. The molecule has 1 N–H and O–H groups in total. The van der Waals surface area contributed by atoms with Gasteiger partial charge >= 0.3 is 0 Å². The van der Waals surface area contributed by atoms with Crippen LogP contribution in [-0.4, -0.2) is 36.2 Å². The fraction of sp³-hybridized carbons (Fsp3) is 0.368. The van der Waals surface area contributed by atoms with Gasteiger partial charge in [-0.1, -0.05) is 48.0 Å². The lowest BCUT2D eigenvalue weighted by Gasteiger charge is -2.34. The van der Waals surface area contributed by atoms with Crippen molar-refractivity contribution in [3.63, 3.8) is 0 Å². The topological polar surface area (TPSA) is 32.7 Å². The van der Waals surface area contributed by atoms with E-state index in [1.807, 2.05) is 37.3 Å². The zero-order valence-electron chi connectivity index (χ0n) is 13.3. The van der Waals surface area contributed by atoms with Gasteiger partial charge in [0.15, 0.2) is 0 Å². The predicted molar refractivity (Wildman–Crippen MR) is 87.7 cm³/mol. The van der Waals surface area contributed by atoms with Gasteiger partial charge in [0.2, 0.25) is 0 Å². The van der Waals surface area contributed by atoms with Crippen molar-refractivity contribution in [1.82, 2.24) is 4.90 Å². The van der Waals surface area contributed by atoms with Crippen LogP contribution in [0.4, 0.5) is 4.39 Å². The number of hydrogen-bond acceptors (Lipinski definition) is 3. The van der Waals surface area contributed by atoms with Gasteiger partial charge in [-0.15, -0.1) is 0 Å². The molecule has 2 atom stereocenters. The van der Waals surface area contributed by atoms with Gasteiger partial charge in [-0.25, -0.2) is 4.39 Å². The van der Waals surface area contributed by atoms with Gasteiger partial charge in [-0.3, -0.25) is 4.90 Å². The summed E-state index contributed by atoms with van der Waals surface area (Å²) >= 11 is 0. The highest BCUT2D eigenvalue weighted by Gasteiger charge is 2.25. The number of rotatable bonds is 4.